The number of hydrogen-bond donors (Lipinski definition) is 0. The quantitative estimate of drug-likeness (QED) is 0.783. The van der Waals surface area contributed by atoms with E-state index in [1.165, 1.54) is 4.90 Å². The van der Waals surface area contributed by atoms with Crippen molar-refractivity contribution in [2.75, 3.05) is 20.2 Å². The van der Waals surface area contributed by atoms with E-state index in [0.29, 0.717) is 5.75 Å². The van der Waals surface area contributed by atoms with Crippen LogP contribution in [0, 0.1) is 5.92 Å². The number of carbonyl (C=O) groups excluding carboxylic acids is 3. The van der Waals surface area contributed by atoms with Gasteiger partial charge in [0.2, 0.25) is 0 Å². The van der Waals surface area contributed by atoms with Gasteiger partial charge in [-0.25, -0.2) is 4.79 Å². The molecule has 6 nitrogen and oxygen atoms in total. The van der Waals surface area contributed by atoms with Gasteiger partial charge in [-0.1, -0.05) is 12.1 Å². The molecule has 2 rings (SSSR count). The summed E-state index contributed by atoms with van der Waals surface area (Å²) in [7, 11) is 1.56. The lowest BCUT2D eigenvalue weighted by molar-refractivity contribution is -0.135. The number of ether oxygens (including phenoxy) is 2. The highest BCUT2D eigenvalue weighted by atomic mass is 16.6. The summed E-state index contributed by atoms with van der Waals surface area (Å²) in [5, 5.41) is 0. The number of amides is 1. The molecule has 136 valence electrons. The molecule has 1 fully saturated rings. The molecule has 0 radical (unpaired) electrons. The Kier molecular flexibility index (Phi) is 5.82. The van der Waals surface area contributed by atoms with Crippen molar-refractivity contribution in [1.82, 2.24) is 4.90 Å². The lowest BCUT2D eigenvalue weighted by atomic mass is 9.89. The molecule has 6 heteroatoms. The lowest BCUT2D eigenvalue weighted by Crippen LogP contribution is -2.48. The van der Waals surface area contributed by atoms with Crippen molar-refractivity contribution in [1.29, 1.82) is 0 Å². The number of ketones is 2. The summed E-state index contributed by atoms with van der Waals surface area (Å²) in [4.78, 5) is 38.4. The van der Waals surface area contributed by atoms with Crippen molar-refractivity contribution < 1.29 is 23.9 Å². The summed E-state index contributed by atoms with van der Waals surface area (Å²) in [5.74, 6) is -0.442. The highest BCUT2D eigenvalue weighted by Gasteiger charge is 2.36. The molecule has 1 saturated heterocycles. The zero-order valence-electron chi connectivity index (χ0n) is 15.2. The van der Waals surface area contributed by atoms with Crippen molar-refractivity contribution >= 4 is 17.7 Å². The number of rotatable bonds is 4. The fraction of sp³-hybridized carbons (Fsp3) is 0.526. The largest absolute Gasteiger partial charge is 0.497 e. The summed E-state index contributed by atoms with van der Waals surface area (Å²) < 4.78 is 10.5. The molecule has 0 N–H and O–H groups in total. The molecule has 1 aromatic carbocycles. The van der Waals surface area contributed by atoms with Gasteiger partial charge in [-0.3, -0.25) is 9.59 Å². The van der Waals surface area contributed by atoms with Crippen molar-refractivity contribution in [3.63, 3.8) is 0 Å². The van der Waals surface area contributed by atoms with Crippen LogP contribution >= 0.6 is 0 Å². The molecule has 1 heterocycles. The molecule has 0 aliphatic carbocycles. The number of likely N-dealkylation sites (tertiary alicyclic amines) is 1. The van der Waals surface area contributed by atoms with E-state index in [1.54, 1.807) is 46.1 Å². The van der Waals surface area contributed by atoms with Crippen molar-refractivity contribution in [2.45, 2.75) is 39.2 Å². The van der Waals surface area contributed by atoms with E-state index in [4.69, 9.17) is 9.47 Å². The minimum atomic E-state index is -0.799. The number of methoxy groups -OCH3 is 1. The highest BCUT2D eigenvalue weighted by Crippen LogP contribution is 2.20. The van der Waals surface area contributed by atoms with Crippen LogP contribution in [-0.4, -0.2) is 48.4 Å². The second kappa shape index (κ2) is 7.68. The number of hydrogen-bond acceptors (Lipinski definition) is 5. The van der Waals surface area contributed by atoms with Crippen LogP contribution in [0.5, 0.6) is 5.75 Å². The molecule has 1 amide bonds. The van der Waals surface area contributed by atoms with E-state index in [2.05, 4.69) is 0 Å². The fourth-order valence-corrected chi connectivity index (χ4v) is 2.71. The number of Topliss-reactive ketones (excluding diaryl/α,β-unsaturated/α-hetero) is 2. The summed E-state index contributed by atoms with van der Waals surface area (Å²) >= 11 is 0. The molecule has 0 aromatic heterocycles. The lowest BCUT2D eigenvalue weighted by Gasteiger charge is -2.32. The predicted octanol–water partition coefficient (Wildman–Crippen LogP) is 2.63. The van der Waals surface area contributed by atoms with Gasteiger partial charge in [0.05, 0.1) is 13.0 Å². The van der Waals surface area contributed by atoms with Gasteiger partial charge in [0.15, 0.2) is 0 Å². The molecule has 1 aromatic rings. The Hall–Kier alpha value is -2.37. The Bertz CT molecular complexity index is 662. The van der Waals surface area contributed by atoms with Gasteiger partial charge in [0.1, 0.15) is 22.9 Å². The van der Waals surface area contributed by atoms with Gasteiger partial charge < -0.3 is 14.4 Å². The van der Waals surface area contributed by atoms with Crippen LogP contribution in [0.1, 0.15) is 32.8 Å². The average Bonchev–Trinajstić information content (AvgIpc) is 2.53. The van der Waals surface area contributed by atoms with Crippen LogP contribution in [0.4, 0.5) is 4.79 Å². The molecular formula is C19H25NO5. The zero-order valence-corrected chi connectivity index (χ0v) is 15.2. The second-order valence-electron chi connectivity index (χ2n) is 7.19. The third-order valence-corrected chi connectivity index (χ3v) is 3.97. The molecule has 0 bridgehead atoms. The number of benzene rings is 1. The van der Waals surface area contributed by atoms with Crippen LogP contribution in [0.3, 0.4) is 0 Å². The normalized spacial score (nSPS) is 18.0. The first-order valence-electron chi connectivity index (χ1n) is 8.36. The monoisotopic (exact) mass is 347 g/mol. The van der Waals surface area contributed by atoms with E-state index >= 15 is 0 Å². The first-order valence-corrected chi connectivity index (χ1v) is 8.36. The minimum Gasteiger partial charge on any atom is -0.497 e. The van der Waals surface area contributed by atoms with Crippen LogP contribution in [0.15, 0.2) is 24.3 Å². The van der Waals surface area contributed by atoms with Crippen molar-refractivity contribution in [2.24, 2.45) is 5.92 Å². The standard InChI is InChI=1S/C19H25NO5/c1-19(2,3)25-18(23)20-9-8-16(21)15(12-20)17(22)11-13-6-5-7-14(10-13)24-4/h5-7,10,15H,8-9,11-12H2,1-4H3. The van der Waals surface area contributed by atoms with Gasteiger partial charge in [0, 0.05) is 25.9 Å². The molecule has 1 aliphatic rings. The van der Waals surface area contributed by atoms with Crippen LogP contribution in [0.2, 0.25) is 0 Å². The highest BCUT2D eigenvalue weighted by molar-refractivity contribution is 6.04. The number of carbonyl (C=O) groups is 3. The maximum Gasteiger partial charge on any atom is 0.410 e. The van der Waals surface area contributed by atoms with E-state index < -0.39 is 17.6 Å². The van der Waals surface area contributed by atoms with E-state index in [1.807, 2.05) is 6.07 Å². The number of nitrogens with zero attached hydrogens (tertiary/aromatic N) is 1. The van der Waals surface area contributed by atoms with Crippen molar-refractivity contribution in [3.8, 4) is 5.75 Å². The fourth-order valence-electron chi connectivity index (χ4n) is 2.71. The van der Waals surface area contributed by atoms with Crippen molar-refractivity contribution in [3.05, 3.63) is 29.8 Å². The third-order valence-electron chi connectivity index (χ3n) is 3.97. The molecular weight excluding hydrogens is 322 g/mol. The topological polar surface area (TPSA) is 72.9 Å². The van der Waals surface area contributed by atoms with Gasteiger partial charge in [-0.2, -0.15) is 0 Å². The Morgan fingerprint density at radius 1 is 1.28 bits per heavy atom. The summed E-state index contributed by atoms with van der Waals surface area (Å²) in [5.41, 5.74) is 0.171. The van der Waals surface area contributed by atoms with E-state index in [0.717, 1.165) is 5.56 Å². The first-order chi connectivity index (χ1) is 11.7. The Morgan fingerprint density at radius 3 is 2.64 bits per heavy atom. The Labute approximate surface area is 148 Å². The summed E-state index contributed by atoms with van der Waals surface area (Å²) in [6.45, 7) is 5.72. The minimum absolute atomic E-state index is 0.0799. The predicted molar refractivity (Wildman–Crippen MR) is 92.6 cm³/mol. The zero-order chi connectivity index (χ0) is 18.6. The summed E-state index contributed by atoms with van der Waals surface area (Å²) in [6.07, 6.45) is -0.178. The van der Waals surface area contributed by atoms with Gasteiger partial charge in [0.25, 0.3) is 0 Å². The SMILES string of the molecule is COc1cccc(CC(=O)C2CN(C(=O)OC(C)(C)C)CCC2=O)c1. The molecule has 1 atom stereocenters. The smallest absolute Gasteiger partial charge is 0.410 e. The molecule has 25 heavy (non-hydrogen) atoms. The van der Waals surface area contributed by atoms with E-state index in [-0.39, 0.29) is 37.5 Å². The average molecular weight is 347 g/mol. The van der Waals surface area contributed by atoms with Crippen LogP contribution < -0.4 is 4.74 Å². The Balaban J connectivity index is 2.04. The summed E-state index contributed by atoms with van der Waals surface area (Å²) in [6, 6.07) is 7.19. The second-order valence-corrected chi connectivity index (χ2v) is 7.19. The molecule has 0 saturated carbocycles. The van der Waals surface area contributed by atoms with Gasteiger partial charge in [-0.15, -0.1) is 0 Å². The molecule has 0 spiro atoms. The maximum atomic E-state index is 12.6. The third kappa shape index (κ3) is 5.31. The number of piperidine rings is 1. The first kappa shape index (κ1) is 19.0. The van der Waals surface area contributed by atoms with E-state index in [9.17, 15) is 14.4 Å². The molecule has 1 unspecified atom stereocenters. The van der Waals surface area contributed by atoms with Gasteiger partial charge >= 0.3 is 6.09 Å². The maximum absolute atomic E-state index is 12.6. The van der Waals surface area contributed by atoms with Crippen LogP contribution in [0.25, 0.3) is 0 Å². The van der Waals surface area contributed by atoms with Crippen LogP contribution in [-0.2, 0) is 20.7 Å². The van der Waals surface area contributed by atoms with Gasteiger partial charge in [-0.05, 0) is 38.5 Å². The Morgan fingerprint density at radius 2 is 2.00 bits per heavy atom. The molecule has 1 aliphatic heterocycles.